The predicted molar refractivity (Wildman–Crippen MR) is 70.8 cm³/mol. The highest BCUT2D eigenvalue weighted by atomic mass is 16.6. The molecule has 18 heavy (non-hydrogen) atoms. The van der Waals surface area contributed by atoms with Crippen molar-refractivity contribution < 1.29 is 9.41 Å². The van der Waals surface area contributed by atoms with Crippen LogP contribution < -0.4 is 11.1 Å². The van der Waals surface area contributed by atoms with Crippen LogP contribution in [0.25, 0.3) is 0 Å². The van der Waals surface area contributed by atoms with Gasteiger partial charge in [0.2, 0.25) is 0 Å². The lowest BCUT2D eigenvalue weighted by atomic mass is 10.2. The Bertz CT molecular complexity index is 415. The molecule has 0 amide bonds. The molecule has 0 fully saturated rings. The number of benzene rings is 1. The molecule has 0 aliphatic carbocycles. The van der Waals surface area contributed by atoms with Gasteiger partial charge in [-0.15, -0.1) is 0 Å². The van der Waals surface area contributed by atoms with E-state index >= 15 is 0 Å². The second kappa shape index (κ2) is 5.90. The maximum absolute atomic E-state index is 10.6. The van der Waals surface area contributed by atoms with Crippen LogP contribution in [0.4, 0.5) is 5.69 Å². The number of nitrogens with one attached hydrogen (secondary N) is 1. The van der Waals surface area contributed by atoms with Crippen molar-refractivity contribution in [3.05, 3.63) is 39.9 Å². The maximum Gasteiger partial charge on any atom is 0.269 e. The number of nitro benzene ring substituents is 1. The van der Waals surface area contributed by atoms with Crippen molar-refractivity contribution in [3.63, 3.8) is 0 Å². The summed E-state index contributed by atoms with van der Waals surface area (Å²) in [5.74, 6) is 0. The third-order valence-corrected chi connectivity index (χ3v) is 2.80. The van der Waals surface area contributed by atoms with Gasteiger partial charge in [-0.3, -0.25) is 15.8 Å². The molecule has 0 aliphatic heterocycles. The topological polar surface area (TPSA) is 81.2 Å². The van der Waals surface area contributed by atoms with E-state index in [0.717, 1.165) is 5.56 Å². The Morgan fingerprint density at radius 3 is 2.67 bits per heavy atom. The van der Waals surface area contributed by atoms with Gasteiger partial charge < -0.3 is 9.80 Å². The number of rotatable bonds is 6. The van der Waals surface area contributed by atoms with Crippen molar-refractivity contribution in [2.75, 3.05) is 27.7 Å². The van der Waals surface area contributed by atoms with E-state index in [9.17, 15) is 10.1 Å². The molecule has 1 rings (SSSR count). The second-order valence-corrected chi connectivity index (χ2v) is 5.24. The van der Waals surface area contributed by atoms with Crippen LogP contribution in [0, 0.1) is 10.1 Å². The highest BCUT2D eigenvalue weighted by Crippen LogP contribution is 2.12. The molecular formula is C12H21N4O2+. The molecular weight excluding hydrogens is 232 g/mol. The molecule has 1 unspecified atom stereocenters. The third-order valence-electron chi connectivity index (χ3n) is 2.80. The fraction of sp³-hybridized carbons (Fsp3) is 0.500. The number of quaternary nitrogens is 1. The summed E-state index contributed by atoms with van der Waals surface area (Å²) < 4.78 is 0.669. The van der Waals surface area contributed by atoms with E-state index in [0.29, 0.717) is 17.6 Å². The smallest absolute Gasteiger partial charge is 0.269 e. The van der Waals surface area contributed by atoms with Gasteiger partial charge in [0.05, 0.1) is 32.6 Å². The Morgan fingerprint density at radius 1 is 1.44 bits per heavy atom. The normalized spacial score (nSPS) is 13.3. The molecule has 100 valence electrons. The van der Waals surface area contributed by atoms with Gasteiger partial charge in [0, 0.05) is 18.7 Å². The molecule has 1 atom stereocenters. The van der Waals surface area contributed by atoms with Crippen LogP contribution in [-0.4, -0.2) is 43.3 Å². The zero-order valence-electron chi connectivity index (χ0n) is 11.1. The van der Waals surface area contributed by atoms with Crippen molar-refractivity contribution in [1.29, 1.82) is 0 Å². The van der Waals surface area contributed by atoms with E-state index < -0.39 is 0 Å². The number of hydrogen-bond donors (Lipinski definition) is 2. The van der Waals surface area contributed by atoms with E-state index in [1.807, 2.05) is 27.2 Å². The molecule has 0 radical (unpaired) electrons. The number of nitrogens with two attached hydrogens (primary N) is 1. The summed E-state index contributed by atoms with van der Waals surface area (Å²) in [7, 11) is 6.08. The van der Waals surface area contributed by atoms with Crippen LogP contribution in [0.3, 0.4) is 0 Å². The van der Waals surface area contributed by atoms with Crippen LogP contribution in [0.2, 0.25) is 0 Å². The van der Waals surface area contributed by atoms with Gasteiger partial charge in [0.15, 0.2) is 6.17 Å². The second-order valence-electron chi connectivity index (χ2n) is 5.24. The number of nitro groups is 1. The zero-order valence-corrected chi connectivity index (χ0v) is 11.1. The first-order valence-electron chi connectivity index (χ1n) is 5.81. The molecule has 1 aromatic rings. The summed E-state index contributed by atoms with van der Waals surface area (Å²) in [5.41, 5.74) is 7.00. The van der Waals surface area contributed by atoms with Gasteiger partial charge in [-0.1, -0.05) is 12.1 Å². The van der Waals surface area contributed by atoms with Gasteiger partial charge >= 0.3 is 0 Å². The van der Waals surface area contributed by atoms with Crippen LogP contribution >= 0.6 is 0 Å². The highest BCUT2D eigenvalue weighted by Gasteiger charge is 2.17. The fourth-order valence-electron chi connectivity index (χ4n) is 1.42. The average Bonchev–Trinajstić information content (AvgIpc) is 2.28. The van der Waals surface area contributed by atoms with E-state index in [2.05, 4.69) is 5.32 Å². The third kappa shape index (κ3) is 4.40. The van der Waals surface area contributed by atoms with Crippen LogP contribution in [0.5, 0.6) is 0 Å². The van der Waals surface area contributed by atoms with Crippen LogP contribution in [0.1, 0.15) is 5.56 Å². The number of likely N-dealkylation sites (N-methyl/N-ethyl adjacent to an activating group) is 1. The van der Waals surface area contributed by atoms with Gasteiger partial charge in [-0.2, -0.15) is 0 Å². The molecule has 0 aromatic heterocycles. The zero-order chi connectivity index (χ0) is 13.8. The van der Waals surface area contributed by atoms with Gasteiger partial charge in [0.1, 0.15) is 0 Å². The summed E-state index contributed by atoms with van der Waals surface area (Å²) in [6.07, 6.45) is -0.0105. The summed E-state index contributed by atoms with van der Waals surface area (Å²) in [4.78, 5) is 10.2. The van der Waals surface area contributed by atoms with Crippen LogP contribution in [0.15, 0.2) is 24.3 Å². The first kappa shape index (κ1) is 14.6. The first-order chi connectivity index (χ1) is 8.30. The monoisotopic (exact) mass is 253 g/mol. The summed E-state index contributed by atoms with van der Waals surface area (Å²) in [6, 6.07) is 6.61. The Hall–Kier alpha value is -1.50. The Morgan fingerprint density at radius 2 is 2.11 bits per heavy atom. The number of hydrogen-bond acceptors (Lipinski definition) is 4. The molecule has 6 heteroatoms. The highest BCUT2D eigenvalue weighted by molar-refractivity contribution is 5.34. The minimum Gasteiger partial charge on any atom is -0.315 e. The SMILES string of the molecule is C[N+](C)(C)C(N)CNCc1cccc([N+](=O)[O-])c1. The Kier molecular flexibility index (Phi) is 4.77. The minimum absolute atomic E-state index is 0.0105. The number of nitrogens with zero attached hydrogens (tertiary/aromatic N) is 2. The van der Waals surface area contributed by atoms with Crippen molar-refractivity contribution in [2.24, 2.45) is 5.73 Å². The van der Waals surface area contributed by atoms with Crippen molar-refractivity contribution in [2.45, 2.75) is 12.7 Å². The molecule has 0 bridgehead atoms. The molecule has 6 nitrogen and oxygen atoms in total. The standard InChI is InChI=1S/C12H21N4O2/c1-16(2,3)12(13)9-14-8-10-5-4-6-11(7-10)15(17)18/h4-7,12,14H,8-9,13H2,1-3H3/q+1. The predicted octanol–water partition coefficient (Wildman–Crippen LogP) is 0.675. The summed E-state index contributed by atoms with van der Waals surface area (Å²) in [5, 5.41) is 13.8. The van der Waals surface area contributed by atoms with Gasteiger partial charge in [0.25, 0.3) is 5.69 Å². The largest absolute Gasteiger partial charge is 0.315 e. The van der Waals surface area contributed by atoms with Gasteiger partial charge in [-0.25, -0.2) is 0 Å². The van der Waals surface area contributed by atoms with Crippen molar-refractivity contribution in [1.82, 2.24) is 5.32 Å². The molecule has 1 aromatic carbocycles. The quantitative estimate of drug-likeness (QED) is 0.338. The average molecular weight is 253 g/mol. The maximum atomic E-state index is 10.6. The van der Waals surface area contributed by atoms with E-state index in [4.69, 9.17) is 5.73 Å². The van der Waals surface area contributed by atoms with Crippen molar-refractivity contribution >= 4 is 5.69 Å². The van der Waals surface area contributed by atoms with E-state index in [1.54, 1.807) is 12.1 Å². The molecule has 0 heterocycles. The summed E-state index contributed by atoms with van der Waals surface area (Å²) in [6.45, 7) is 1.24. The van der Waals surface area contributed by atoms with E-state index in [-0.39, 0.29) is 16.8 Å². The molecule has 3 N–H and O–H groups in total. The summed E-state index contributed by atoms with van der Waals surface area (Å²) >= 11 is 0. The fourth-order valence-corrected chi connectivity index (χ4v) is 1.42. The first-order valence-corrected chi connectivity index (χ1v) is 5.81. The molecule has 0 saturated heterocycles. The van der Waals surface area contributed by atoms with Gasteiger partial charge in [-0.05, 0) is 5.56 Å². The van der Waals surface area contributed by atoms with Crippen molar-refractivity contribution in [3.8, 4) is 0 Å². The molecule has 0 saturated carbocycles. The Labute approximate surface area is 107 Å². The van der Waals surface area contributed by atoms with E-state index in [1.165, 1.54) is 6.07 Å². The molecule has 0 spiro atoms. The minimum atomic E-state index is -0.388. The lowest BCUT2D eigenvalue weighted by Crippen LogP contribution is -2.55. The lowest BCUT2D eigenvalue weighted by Gasteiger charge is -2.31. The lowest BCUT2D eigenvalue weighted by molar-refractivity contribution is -0.894. The Balaban J connectivity index is 2.49. The van der Waals surface area contributed by atoms with Crippen LogP contribution in [-0.2, 0) is 6.54 Å². The number of non-ortho nitro benzene ring substituents is 1. The molecule has 0 aliphatic rings.